The van der Waals surface area contributed by atoms with Crippen LogP contribution in [-0.4, -0.2) is 43.1 Å². The molecule has 1 saturated heterocycles. The highest BCUT2D eigenvalue weighted by molar-refractivity contribution is 14.0. The molecule has 1 aliphatic heterocycles. The first kappa shape index (κ1) is 21.7. The molecule has 0 aliphatic carbocycles. The maximum Gasteiger partial charge on any atom is 0.191 e. The second-order valence-corrected chi connectivity index (χ2v) is 6.27. The van der Waals surface area contributed by atoms with Crippen LogP contribution < -0.4 is 10.6 Å². The largest absolute Gasteiger partial charge is 0.357 e. The molecule has 1 fully saturated rings. The van der Waals surface area contributed by atoms with E-state index in [0.29, 0.717) is 18.2 Å². The van der Waals surface area contributed by atoms with E-state index in [1.54, 1.807) is 0 Å². The molecule has 2 rings (SSSR count). The maximum absolute atomic E-state index is 8.99. The van der Waals surface area contributed by atoms with Gasteiger partial charge in [0, 0.05) is 25.7 Å². The van der Waals surface area contributed by atoms with Gasteiger partial charge in [0.2, 0.25) is 0 Å². The first-order valence-electron chi connectivity index (χ1n) is 9.01. The first-order valence-corrected chi connectivity index (χ1v) is 9.01. The van der Waals surface area contributed by atoms with Crippen LogP contribution >= 0.6 is 24.0 Å². The number of nitriles is 1. The predicted octanol–water partition coefficient (Wildman–Crippen LogP) is 3.11. The molecule has 0 aromatic heterocycles. The number of hydrogen-bond acceptors (Lipinski definition) is 3. The molecule has 1 aromatic rings. The van der Waals surface area contributed by atoms with Crippen LogP contribution in [0.15, 0.2) is 29.3 Å². The SMILES string of the molecule is CCCN1CCC(NC(=NCc2cccc(C#N)c2)NCC)CC1.I. The molecule has 25 heavy (non-hydrogen) atoms. The third-order valence-corrected chi connectivity index (χ3v) is 4.29. The lowest BCUT2D eigenvalue weighted by atomic mass is 10.1. The third kappa shape index (κ3) is 7.61. The fraction of sp³-hybridized carbons (Fsp3) is 0.579. The Hall–Kier alpha value is -1.33. The number of rotatable bonds is 6. The van der Waals surface area contributed by atoms with Crippen LogP contribution in [0.2, 0.25) is 0 Å². The highest BCUT2D eigenvalue weighted by atomic mass is 127. The average molecular weight is 455 g/mol. The van der Waals surface area contributed by atoms with Crippen molar-refractivity contribution in [1.82, 2.24) is 15.5 Å². The van der Waals surface area contributed by atoms with Crippen molar-refractivity contribution in [3.05, 3.63) is 35.4 Å². The van der Waals surface area contributed by atoms with Gasteiger partial charge in [-0.25, -0.2) is 4.99 Å². The van der Waals surface area contributed by atoms with Gasteiger partial charge in [-0.1, -0.05) is 19.1 Å². The van der Waals surface area contributed by atoms with Gasteiger partial charge in [0.15, 0.2) is 5.96 Å². The Kier molecular flexibility index (Phi) is 10.5. The maximum atomic E-state index is 8.99. The molecular weight excluding hydrogens is 425 g/mol. The summed E-state index contributed by atoms with van der Waals surface area (Å²) in [5.74, 6) is 0.869. The van der Waals surface area contributed by atoms with Crippen LogP contribution in [-0.2, 0) is 6.54 Å². The smallest absolute Gasteiger partial charge is 0.191 e. The topological polar surface area (TPSA) is 63.5 Å². The molecular formula is C19H30IN5. The summed E-state index contributed by atoms with van der Waals surface area (Å²) in [4.78, 5) is 7.22. The van der Waals surface area contributed by atoms with E-state index in [1.807, 2.05) is 24.3 Å². The van der Waals surface area contributed by atoms with Crippen molar-refractivity contribution >= 4 is 29.9 Å². The van der Waals surface area contributed by atoms with Crippen LogP contribution in [0.4, 0.5) is 0 Å². The second-order valence-electron chi connectivity index (χ2n) is 6.27. The molecule has 0 radical (unpaired) electrons. The molecule has 0 unspecified atom stereocenters. The first-order chi connectivity index (χ1) is 11.7. The lowest BCUT2D eigenvalue weighted by molar-refractivity contribution is 0.206. The molecule has 2 N–H and O–H groups in total. The predicted molar refractivity (Wildman–Crippen MR) is 114 cm³/mol. The molecule has 0 saturated carbocycles. The van der Waals surface area contributed by atoms with E-state index in [1.165, 1.54) is 13.0 Å². The van der Waals surface area contributed by atoms with Crippen molar-refractivity contribution in [3.63, 3.8) is 0 Å². The number of benzene rings is 1. The molecule has 1 heterocycles. The van der Waals surface area contributed by atoms with Gasteiger partial charge in [-0.05, 0) is 50.4 Å². The molecule has 1 aliphatic rings. The number of guanidine groups is 1. The van der Waals surface area contributed by atoms with Crippen LogP contribution in [0.3, 0.4) is 0 Å². The van der Waals surface area contributed by atoms with Crippen molar-refractivity contribution in [2.75, 3.05) is 26.2 Å². The summed E-state index contributed by atoms with van der Waals surface area (Å²) in [5.41, 5.74) is 1.74. The van der Waals surface area contributed by atoms with Gasteiger partial charge in [0.25, 0.3) is 0 Å². The summed E-state index contributed by atoms with van der Waals surface area (Å²) in [7, 11) is 0. The van der Waals surface area contributed by atoms with E-state index in [0.717, 1.165) is 44.0 Å². The summed E-state index contributed by atoms with van der Waals surface area (Å²) in [5, 5.41) is 15.9. The lowest BCUT2D eigenvalue weighted by Crippen LogP contribution is -2.48. The van der Waals surface area contributed by atoms with Crippen molar-refractivity contribution in [1.29, 1.82) is 5.26 Å². The van der Waals surface area contributed by atoms with Crippen LogP contribution in [0, 0.1) is 11.3 Å². The number of likely N-dealkylation sites (tertiary alicyclic amines) is 1. The minimum Gasteiger partial charge on any atom is -0.357 e. The summed E-state index contributed by atoms with van der Waals surface area (Å²) < 4.78 is 0. The van der Waals surface area contributed by atoms with Crippen molar-refractivity contribution in [2.24, 2.45) is 4.99 Å². The number of aliphatic imine (C=N–C) groups is 1. The van der Waals surface area contributed by atoms with Gasteiger partial charge >= 0.3 is 0 Å². The summed E-state index contributed by atoms with van der Waals surface area (Å²) in [6, 6.07) is 10.3. The fourth-order valence-corrected chi connectivity index (χ4v) is 3.04. The number of piperidine rings is 1. The Morgan fingerprint density at radius 2 is 2.08 bits per heavy atom. The summed E-state index contributed by atoms with van der Waals surface area (Å²) in [6.07, 6.45) is 3.55. The van der Waals surface area contributed by atoms with Gasteiger partial charge in [-0.2, -0.15) is 5.26 Å². The fourth-order valence-electron chi connectivity index (χ4n) is 3.04. The second kappa shape index (κ2) is 12.1. The Labute approximate surface area is 168 Å². The normalized spacial score (nSPS) is 16.0. The molecule has 0 atom stereocenters. The van der Waals surface area contributed by atoms with Gasteiger partial charge in [-0.3, -0.25) is 0 Å². The van der Waals surface area contributed by atoms with Gasteiger partial charge < -0.3 is 15.5 Å². The van der Waals surface area contributed by atoms with Gasteiger partial charge in [0.1, 0.15) is 0 Å². The Balaban J connectivity index is 0.00000312. The number of halogens is 1. The minimum absolute atomic E-state index is 0. The molecule has 0 bridgehead atoms. The number of nitrogens with zero attached hydrogens (tertiary/aromatic N) is 3. The van der Waals surface area contributed by atoms with Crippen molar-refractivity contribution in [3.8, 4) is 6.07 Å². The molecule has 0 spiro atoms. The number of nitrogens with one attached hydrogen (secondary N) is 2. The van der Waals surface area contributed by atoms with Crippen LogP contribution in [0.1, 0.15) is 44.2 Å². The quantitative estimate of drug-likeness (QED) is 0.393. The summed E-state index contributed by atoms with van der Waals surface area (Å²) in [6.45, 7) is 9.28. The van der Waals surface area contributed by atoms with E-state index >= 15 is 0 Å². The number of hydrogen-bond donors (Lipinski definition) is 2. The molecule has 0 amide bonds. The minimum atomic E-state index is 0. The van der Waals surface area contributed by atoms with E-state index in [2.05, 4.69) is 40.4 Å². The third-order valence-electron chi connectivity index (χ3n) is 4.29. The standard InChI is InChI=1S/C19H29N5.HI/c1-3-10-24-11-8-18(9-12-24)23-19(21-4-2)22-15-17-7-5-6-16(13-17)14-20;/h5-7,13,18H,3-4,8-12,15H2,1-2H3,(H2,21,22,23);1H. The van der Waals surface area contributed by atoms with E-state index in [4.69, 9.17) is 5.26 Å². The van der Waals surface area contributed by atoms with Crippen molar-refractivity contribution in [2.45, 2.75) is 45.7 Å². The zero-order valence-electron chi connectivity index (χ0n) is 15.3. The molecule has 1 aromatic carbocycles. The van der Waals surface area contributed by atoms with Gasteiger partial charge in [-0.15, -0.1) is 24.0 Å². The zero-order chi connectivity index (χ0) is 17.2. The van der Waals surface area contributed by atoms with Crippen molar-refractivity contribution < 1.29 is 0 Å². The highest BCUT2D eigenvalue weighted by Crippen LogP contribution is 2.11. The Morgan fingerprint density at radius 1 is 1.32 bits per heavy atom. The lowest BCUT2D eigenvalue weighted by Gasteiger charge is -2.32. The van der Waals surface area contributed by atoms with Crippen LogP contribution in [0.25, 0.3) is 0 Å². The Morgan fingerprint density at radius 3 is 2.72 bits per heavy atom. The highest BCUT2D eigenvalue weighted by Gasteiger charge is 2.19. The van der Waals surface area contributed by atoms with Crippen LogP contribution in [0.5, 0.6) is 0 Å². The van der Waals surface area contributed by atoms with E-state index in [9.17, 15) is 0 Å². The average Bonchev–Trinajstić information content (AvgIpc) is 2.62. The molecule has 6 heteroatoms. The molecule has 138 valence electrons. The zero-order valence-corrected chi connectivity index (χ0v) is 17.6. The molecule has 5 nitrogen and oxygen atoms in total. The van der Waals surface area contributed by atoms with Gasteiger partial charge in [0.05, 0.1) is 18.2 Å². The Bertz CT molecular complexity index is 573. The van der Waals surface area contributed by atoms with E-state index < -0.39 is 0 Å². The monoisotopic (exact) mass is 455 g/mol. The summed E-state index contributed by atoms with van der Waals surface area (Å²) >= 11 is 0. The van der Waals surface area contributed by atoms with E-state index in [-0.39, 0.29) is 24.0 Å².